The molecule has 0 saturated carbocycles. The van der Waals surface area contributed by atoms with E-state index >= 15 is 0 Å². The molecule has 0 saturated heterocycles. The molecule has 1 aromatic heterocycles. The average molecular weight is 223 g/mol. The fourth-order valence-electron chi connectivity index (χ4n) is 0.702. The molecule has 1 aromatic rings. The monoisotopic (exact) mass is 223 g/mol. The van der Waals surface area contributed by atoms with Gasteiger partial charge < -0.3 is 5.32 Å². The van der Waals surface area contributed by atoms with Crippen LogP contribution in [0, 0.1) is 0 Å². The lowest BCUT2D eigenvalue weighted by molar-refractivity contribution is 0.0895. The van der Waals surface area contributed by atoms with E-state index in [4.69, 9.17) is 0 Å². The fourth-order valence-corrected chi connectivity index (χ4v) is 1.77. The third-order valence-corrected chi connectivity index (χ3v) is 2.59. The minimum Gasteiger partial charge on any atom is -0.346 e. The molecule has 0 atom stereocenters. The number of hydrogen-bond acceptors (Lipinski definition) is 3. The number of nitrogens with one attached hydrogen (secondary N) is 1. The number of thiophene rings is 1. The normalized spacial score (nSPS) is 10.5. The number of amides is 1. The van der Waals surface area contributed by atoms with Crippen molar-refractivity contribution in [1.82, 2.24) is 5.32 Å². The topological polar surface area (TPSA) is 29.1 Å². The van der Waals surface area contributed by atoms with Crippen LogP contribution < -0.4 is 5.32 Å². The molecule has 1 amide bonds. The highest BCUT2D eigenvalue weighted by atomic mass is 32.1. The Hall–Kier alpha value is -0.620. The Morgan fingerprint density at radius 1 is 1.69 bits per heavy atom. The van der Waals surface area contributed by atoms with Crippen LogP contribution in [-0.4, -0.2) is 18.9 Å². The zero-order valence-corrected chi connectivity index (χ0v) is 8.17. The summed E-state index contributed by atoms with van der Waals surface area (Å²) in [6.07, 6.45) is -2.51. The van der Waals surface area contributed by atoms with Crippen LogP contribution in [-0.2, 0) is 0 Å². The first-order valence-electron chi connectivity index (χ1n) is 3.43. The molecule has 72 valence electrons. The van der Waals surface area contributed by atoms with Gasteiger partial charge in [-0.1, -0.05) is 0 Å². The van der Waals surface area contributed by atoms with Gasteiger partial charge in [-0.25, -0.2) is 8.78 Å². The van der Waals surface area contributed by atoms with Crippen molar-refractivity contribution in [3.63, 3.8) is 0 Å². The second-order valence-electron chi connectivity index (χ2n) is 2.27. The van der Waals surface area contributed by atoms with Crippen molar-refractivity contribution in [3.05, 3.63) is 16.3 Å². The Bertz CT molecular complexity index is 300. The molecule has 0 fully saturated rings. The highest BCUT2D eigenvalue weighted by Crippen LogP contribution is 2.17. The highest BCUT2D eigenvalue weighted by molar-refractivity contribution is 7.80. The first-order chi connectivity index (χ1) is 6.09. The van der Waals surface area contributed by atoms with Gasteiger partial charge in [0, 0.05) is 10.3 Å². The zero-order chi connectivity index (χ0) is 9.84. The van der Waals surface area contributed by atoms with Gasteiger partial charge in [-0.2, -0.15) is 0 Å². The van der Waals surface area contributed by atoms with E-state index in [1.807, 2.05) is 0 Å². The Morgan fingerprint density at radius 3 is 2.85 bits per heavy atom. The van der Waals surface area contributed by atoms with Crippen LogP contribution in [0.15, 0.2) is 16.3 Å². The molecule has 0 aliphatic carbocycles. The van der Waals surface area contributed by atoms with Gasteiger partial charge in [0.25, 0.3) is 12.3 Å². The molecular weight excluding hydrogens is 216 g/mol. The summed E-state index contributed by atoms with van der Waals surface area (Å²) >= 11 is 5.17. The molecule has 1 N–H and O–H groups in total. The van der Waals surface area contributed by atoms with Gasteiger partial charge in [-0.15, -0.1) is 24.0 Å². The molecule has 1 rings (SSSR count). The van der Waals surface area contributed by atoms with Gasteiger partial charge >= 0.3 is 0 Å². The molecule has 0 aromatic carbocycles. The number of carbonyl (C=O) groups excluding carboxylic acids is 1. The molecule has 1 heterocycles. The SMILES string of the molecule is O=C(NCC(F)F)c1cc(S)cs1. The molecule has 6 heteroatoms. The van der Waals surface area contributed by atoms with E-state index in [0.29, 0.717) is 9.77 Å². The van der Waals surface area contributed by atoms with Crippen LogP contribution in [0.1, 0.15) is 9.67 Å². The molecule has 0 bridgehead atoms. The standard InChI is InChI=1S/C7H7F2NOS2/c8-6(9)2-10-7(11)5-1-4(12)3-13-5/h1,3,6,12H,2H2,(H,10,11). The van der Waals surface area contributed by atoms with E-state index in [9.17, 15) is 13.6 Å². The van der Waals surface area contributed by atoms with Crippen molar-refractivity contribution < 1.29 is 13.6 Å². The number of halogens is 2. The third kappa shape index (κ3) is 3.31. The molecule has 0 radical (unpaired) electrons. The predicted molar refractivity (Wildman–Crippen MR) is 49.9 cm³/mol. The number of alkyl halides is 2. The first kappa shape index (κ1) is 10.5. The van der Waals surface area contributed by atoms with Crippen molar-refractivity contribution >= 4 is 29.9 Å². The van der Waals surface area contributed by atoms with E-state index in [0.717, 1.165) is 0 Å². The lowest BCUT2D eigenvalue weighted by Crippen LogP contribution is -2.27. The van der Waals surface area contributed by atoms with Gasteiger partial charge in [0.15, 0.2) is 0 Å². The van der Waals surface area contributed by atoms with Crippen molar-refractivity contribution in [2.24, 2.45) is 0 Å². The lowest BCUT2D eigenvalue weighted by Gasteiger charge is -2.00. The quantitative estimate of drug-likeness (QED) is 0.754. The Morgan fingerprint density at radius 2 is 2.38 bits per heavy atom. The minimum atomic E-state index is -2.51. The number of hydrogen-bond donors (Lipinski definition) is 2. The predicted octanol–water partition coefficient (Wildman–Crippen LogP) is 2.03. The van der Waals surface area contributed by atoms with Gasteiger partial charge in [0.05, 0.1) is 11.4 Å². The molecule has 2 nitrogen and oxygen atoms in total. The van der Waals surface area contributed by atoms with Crippen molar-refractivity contribution in [3.8, 4) is 0 Å². The molecule has 0 spiro atoms. The smallest absolute Gasteiger partial charge is 0.261 e. The van der Waals surface area contributed by atoms with Crippen molar-refractivity contribution in [2.45, 2.75) is 11.3 Å². The van der Waals surface area contributed by atoms with Crippen molar-refractivity contribution in [1.29, 1.82) is 0 Å². The molecule has 0 unspecified atom stereocenters. The van der Waals surface area contributed by atoms with Crippen LogP contribution in [0.3, 0.4) is 0 Å². The van der Waals surface area contributed by atoms with E-state index in [-0.39, 0.29) is 0 Å². The summed E-state index contributed by atoms with van der Waals surface area (Å²) in [6.45, 7) is -0.612. The first-order valence-corrected chi connectivity index (χ1v) is 4.76. The van der Waals surface area contributed by atoms with E-state index in [1.54, 1.807) is 5.38 Å². The summed E-state index contributed by atoms with van der Waals surface area (Å²) in [4.78, 5) is 12.1. The molecule has 0 aliphatic heterocycles. The number of thiol groups is 1. The Labute approximate surface area is 83.4 Å². The second kappa shape index (κ2) is 4.57. The van der Waals surface area contributed by atoms with Crippen LogP contribution in [0.5, 0.6) is 0 Å². The summed E-state index contributed by atoms with van der Waals surface area (Å²) in [5.74, 6) is -0.481. The summed E-state index contributed by atoms with van der Waals surface area (Å²) < 4.78 is 23.4. The summed E-state index contributed by atoms with van der Waals surface area (Å²) in [5.41, 5.74) is 0. The van der Waals surface area contributed by atoms with Crippen LogP contribution in [0.4, 0.5) is 8.78 Å². The molecule has 13 heavy (non-hydrogen) atoms. The van der Waals surface area contributed by atoms with E-state index in [1.165, 1.54) is 17.4 Å². The maximum absolute atomic E-state index is 11.7. The van der Waals surface area contributed by atoms with Gasteiger partial charge in [0.2, 0.25) is 0 Å². The highest BCUT2D eigenvalue weighted by Gasteiger charge is 2.10. The van der Waals surface area contributed by atoms with E-state index in [2.05, 4.69) is 17.9 Å². The Balaban J connectivity index is 2.49. The van der Waals surface area contributed by atoms with Crippen molar-refractivity contribution in [2.75, 3.05) is 6.54 Å². The van der Waals surface area contributed by atoms with Gasteiger partial charge in [0.1, 0.15) is 0 Å². The third-order valence-electron chi connectivity index (χ3n) is 1.23. The lowest BCUT2D eigenvalue weighted by atomic mass is 10.4. The molecular formula is C7H7F2NOS2. The number of carbonyl (C=O) groups is 1. The van der Waals surface area contributed by atoms with Gasteiger partial charge in [-0.3, -0.25) is 4.79 Å². The maximum atomic E-state index is 11.7. The fraction of sp³-hybridized carbons (Fsp3) is 0.286. The van der Waals surface area contributed by atoms with E-state index < -0.39 is 18.9 Å². The average Bonchev–Trinajstić information content (AvgIpc) is 2.47. The largest absolute Gasteiger partial charge is 0.346 e. The van der Waals surface area contributed by atoms with Gasteiger partial charge in [-0.05, 0) is 6.07 Å². The number of rotatable bonds is 3. The van der Waals surface area contributed by atoms with Crippen LogP contribution >= 0.6 is 24.0 Å². The zero-order valence-electron chi connectivity index (χ0n) is 6.46. The maximum Gasteiger partial charge on any atom is 0.261 e. The second-order valence-corrected chi connectivity index (χ2v) is 3.70. The summed E-state index contributed by atoms with van der Waals surface area (Å²) in [5, 5.41) is 3.77. The summed E-state index contributed by atoms with van der Waals surface area (Å²) in [6, 6.07) is 1.54. The van der Waals surface area contributed by atoms with Crippen LogP contribution in [0.2, 0.25) is 0 Å². The van der Waals surface area contributed by atoms with Crippen LogP contribution in [0.25, 0.3) is 0 Å². The minimum absolute atomic E-state index is 0.394. The Kier molecular flexibility index (Phi) is 3.68. The summed E-state index contributed by atoms with van der Waals surface area (Å²) in [7, 11) is 0. The molecule has 0 aliphatic rings.